The molecule has 1 saturated carbocycles. The minimum atomic E-state index is -0.897. The van der Waals surface area contributed by atoms with Crippen molar-refractivity contribution in [1.82, 2.24) is 4.98 Å². The summed E-state index contributed by atoms with van der Waals surface area (Å²) in [4.78, 5) is 17.7. The highest BCUT2D eigenvalue weighted by molar-refractivity contribution is 5.93. The predicted molar refractivity (Wildman–Crippen MR) is 66.2 cm³/mol. The number of rotatable bonds is 3. The average molecular weight is 248 g/mol. The third-order valence-electron chi connectivity index (χ3n) is 3.48. The SMILES string of the molecule is O=C(O)c1cc(C2CC2)cnc1N1CCOCC1. The highest BCUT2D eigenvalue weighted by atomic mass is 16.5. The molecule has 0 amide bonds. The largest absolute Gasteiger partial charge is 0.478 e. The van der Waals surface area contributed by atoms with Crippen molar-refractivity contribution >= 4 is 11.8 Å². The Balaban J connectivity index is 1.93. The van der Waals surface area contributed by atoms with Crippen LogP contribution in [0.3, 0.4) is 0 Å². The monoisotopic (exact) mass is 248 g/mol. The number of carboxylic acid groups (broad SMARTS) is 1. The number of carboxylic acids is 1. The molecule has 0 aromatic carbocycles. The van der Waals surface area contributed by atoms with E-state index in [1.165, 1.54) is 0 Å². The number of aromatic nitrogens is 1. The lowest BCUT2D eigenvalue weighted by atomic mass is 10.1. The summed E-state index contributed by atoms with van der Waals surface area (Å²) in [6.45, 7) is 2.67. The number of aromatic carboxylic acids is 1. The highest BCUT2D eigenvalue weighted by Gasteiger charge is 2.27. The van der Waals surface area contributed by atoms with Gasteiger partial charge in [0, 0.05) is 19.3 Å². The van der Waals surface area contributed by atoms with E-state index in [-0.39, 0.29) is 0 Å². The van der Waals surface area contributed by atoms with E-state index in [9.17, 15) is 9.90 Å². The van der Waals surface area contributed by atoms with Crippen LogP contribution in [-0.2, 0) is 4.74 Å². The maximum absolute atomic E-state index is 11.4. The van der Waals surface area contributed by atoms with Gasteiger partial charge in [-0.05, 0) is 30.4 Å². The average Bonchev–Trinajstić information content (AvgIpc) is 3.23. The highest BCUT2D eigenvalue weighted by Crippen LogP contribution is 2.40. The molecular formula is C13H16N2O3. The Hall–Kier alpha value is -1.62. The molecule has 0 bridgehead atoms. The summed E-state index contributed by atoms with van der Waals surface area (Å²) in [6.07, 6.45) is 4.13. The van der Waals surface area contributed by atoms with Crippen molar-refractivity contribution in [2.24, 2.45) is 0 Å². The van der Waals surface area contributed by atoms with Crippen LogP contribution >= 0.6 is 0 Å². The van der Waals surface area contributed by atoms with Crippen LogP contribution in [0.25, 0.3) is 0 Å². The topological polar surface area (TPSA) is 62.7 Å². The third-order valence-corrected chi connectivity index (χ3v) is 3.48. The van der Waals surface area contributed by atoms with Crippen LogP contribution < -0.4 is 4.90 Å². The maximum Gasteiger partial charge on any atom is 0.339 e. The van der Waals surface area contributed by atoms with Gasteiger partial charge in [0.2, 0.25) is 0 Å². The first-order valence-electron chi connectivity index (χ1n) is 6.31. The molecule has 18 heavy (non-hydrogen) atoms. The number of hydrogen-bond acceptors (Lipinski definition) is 4. The van der Waals surface area contributed by atoms with E-state index >= 15 is 0 Å². The summed E-state index contributed by atoms with van der Waals surface area (Å²) in [7, 11) is 0. The van der Waals surface area contributed by atoms with Crippen molar-refractivity contribution in [3.63, 3.8) is 0 Å². The van der Waals surface area contributed by atoms with E-state index in [0.29, 0.717) is 43.6 Å². The number of pyridine rings is 1. The normalized spacial score (nSPS) is 19.9. The summed E-state index contributed by atoms with van der Waals surface area (Å²) >= 11 is 0. The van der Waals surface area contributed by atoms with Gasteiger partial charge in [-0.2, -0.15) is 0 Å². The standard InChI is InChI=1S/C13H16N2O3/c16-13(17)11-7-10(9-1-2-9)8-14-12(11)15-3-5-18-6-4-15/h7-9H,1-6H2,(H,16,17). The molecular weight excluding hydrogens is 232 g/mol. The molecule has 0 spiro atoms. The summed E-state index contributed by atoms with van der Waals surface area (Å²) in [5.41, 5.74) is 1.38. The second kappa shape index (κ2) is 4.57. The van der Waals surface area contributed by atoms with E-state index in [1.807, 2.05) is 11.1 Å². The number of anilines is 1. The van der Waals surface area contributed by atoms with Gasteiger partial charge >= 0.3 is 5.97 Å². The molecule has 1 saturated heterocycles. The van der Waals surface area contributed by atoms with Crippen molar-refractivity contribution in [3.8, 4) is 0 Å². The number of morpholine rings is 1. The lowest BCUT2D eigenvalue weighted by Crippen LogP contribution is -2.37. The number of carbonyl (C=O) groups is 1. The fourth-order valence-corrected chi connectivity index (χ4v) is 2.30. The summed E-state index contributed by atoms with van der Waals surface area (Å²) in [5.74, 6) is 0.205. The number of hydrogen-bond donors (Lipinski definition) is 1. The molecule has 3 rings (SSSR count). The molecule has 5 heteroatoms. The van der Waals surface area contributed by atoms with Gasteiger partial charge in [0.05, 0.1) is 13.2 Å². The summed E-state index contributed by atoms with van der Waals surface area (Å²) < 4.78 is 5.28. The van der Waals surface area contributed by atoms with Crippen LogP contribution in [0.15, 0.2) is 12.3 Å². The second-order valence-corrected chi connectivity index (χ2v) is 4.82. The lowest BCUT2D eigenvalue weighted by molar-refractivity contribution is 0.0695. The molecule has 1 aliphatic carbocycles. The van der Waals surface area contributed by atoms with Gasteiger partial charge in [-0.25, -0.2) is 9.78 Å². The van der Waals surface area contributed by atoms with Gasteiger partial charge in [0.25, 0.3) is 0 Å². The van der Waals surface area contributed by atoms with Crippen LogP contribution in [0.2, 0.25) is 0 Å². The van der Waals surface area contributed by atoms with Crippen LogP contribution in [0.4, 0.5) is 5.82 Å². The lowest BCUT2D eigenvalue weighted by Gasteiger charge is -2.28. The van der Waals surface area contributed by atoms with E-state index in [0.717, 1.165) is 18.4 Å². The Morgan fingerprint density at radius 1 is 1.39 bits per heavy atom. The molecule has 1 aliphatic heterocycles. The van der Waals surface area contributed by atoms with Crippen molar-refractivity contribution in [2.45, 2.75) is 18.8 Å². The van der Waals surface area contributed by atoms with Crippen molar-refractivity contribution < 1.29 is 14.6 Å². The second-order valence-electron chi connectivity index (χ2n) is 4.82. The first kappa shape index (κ1) is 11.5. The Morgan fingerprint density at radius 2 is 2.11 bits per heavy atom. The zero-order valence-electron chi connectivity index (χ0n) is 10.1. The van der Waals surface area contributed by atoms with Crippen LogP contribution in [0, 0.1) is 0 Å². The van der Waals surface area contributed by atoms with Gasteiger partial charge in [-0.3, -0.25) is 0 Å². The van der Waals surface area contributed by atoms with Crippen LogP contribution in [0.1, 0.15) is 34.7 Å². The van der Waals surface area contributed by atoms with Gasteiger partial charge in [-0.1, -0.05) is 0 Å². The zero-order valence-corrected chi connectivity index (χ0v) is 10.1. The molecule has 0 radical (unpaired) electrons. The number of ether oxygens (including phenoxy) is 1. The summed E-state index contributed by atoms with van der Waals surface area (Å²) in [6, 6.07) is 1.79. The third kappa shape index (κ3) is 2.18. The predicted octanol–water partition coefficient (Wildman–Crippen LogP) is 1.49. The molecule has 1 N–H and O–H groups in total. The molecule has 1 aromatic rings. The van der Waals surface area contributed by atoms with E-state index in [4.69, 9.17) is 4.74 Å². The van der Waals surface area contributed by atoms with Gasteiger partial charge in [0.1, 0.15) is 11.4 Å². The Morgan fingerprint density at radius 3 is 2.72 bits per heavy atom. The van der Waals surface area contributed by atoms with E-state index in [2.05, 4.69) is 4.98 Å². The first-order valence-corrected chi connectivity index (χ1v) is 6.31. The molecule has 1 aromatic heterocycles. The van der Waals surface area contributed by atoms with Crippen LogP contribution in [-0.4, -0.2) is 42.4 Å². The zero-order chi connectivity index (χ0) is 12.5. The van der Waals surface area contributed by atoms with Gasteiger partial charge in [-0.15, -0.1) is 0 Å². The van der Waals surface area contributed by atoms with Crippen molar-refractivity contribution in [1.29, 1.82) is 0 Å². The minimum Gasteiger partial charge on any atom is -0.478 e. The fraction of sp³-hybridized carbons (Fsp3) is 0.538. The number of nitrogens with zero attached hydrogens (tertiary/aromatic N) is 2. The smallest absolute Gasteiger partial charge is 0.339 e. The minimum absolute atomic E-state index is 0.321. The van der Waals surface area contributed by atoms with E-state index in [1.54, 1.807) is 6.07 Å². The van der Waals surface area contributed by atoms with Gasteiger partial charge < -0.3 is 14.7 Å². The molecule has 2 aliphatic rings. The molecule has 5 nitrogen and oxygen atoms in total. The molecule has 0 unspecified atom stereocenters. The summed E-state index contributed by atoms with van der Waals surface area (Å²) in [5, 5.41) is 9.33. The van der Waals surface area contributed by atoms with Crippen LogP contribution in [0.5, 0.6) is 0 Å². The Bertz CT molecular complexity index is 465. The fourth-order valence-electron chi connectivity index (χ4n) is 2.30. The van der Waals surface area contributed by atoms with E-state index < -0.39 is 5.97 Å². The molecule has 0 atom stereocenters. The van der Waals surface area contributed by atoms with Crippen molar-refractivity contribution in [3.05, 3.63) is 23.4 Å². The first-order chi connectivity index (χ1) is 8.75. The molecule has 2 fully saturated rings. The molecule has 2 heterocycles. The maximum atomic E-state index is 11.4. The Kier molecular flexibility index (Phi) is 2.91. The van der Waals surface area contributed by atoms with Crippen molar-refractivity contribution in [2.75, 3.05) is 31.2 Å². The van der Waals surface area contributed by atoms with Gasteiger partial charge in [0.15, 0.2) is 0 Å². The Labute approximate surface area is 105 Å². The quantitative estimate of drug-likeness (QED) is 0.878. The molecule has 96 valence electrons.